The van der Waals surface area contributed by atoms with Gasteiger partial charge in [0.25, 0.3) is 0 Å². The molecule has 5 nitrogen and oxygen atoms in total. The number of rotatable bonds is 6. The molecular formula is C15H18N4OS. The van der Waals surface area contributed by atoms with Gasteiger partial charge in [-0.25, -0.2) is 0 Å². The molecule has 1 saturated carbocycles. The third kappa shape index (κ3) is 3.40. The van der Waals surface area contributed by atoms with Gasteiger partial charge in [0.05, 0.1) is 0 Å². The van der Waals surface area contributed by atoms with Gasteiger partial charge >= 0.3 is 0 Å². The lowest BCUT2D eigenvalue weighted by atomic mass is 10.1. The summed E-state index contributed by atoms with van der Waals surface area (Å²) in [6.45, 7) is 1.69. The Kier molecular flexibility index (Phi) is 4.17. The lowest BCUT2D eigenvalue weighted by Crippen LogP contribution is -2.27. The highest BCUT2D eigenvalue weighted by molar-refractivity contribution is 7.07. The van der Waals surface area contributed by atoms with E-state index in [4.69, 9.17) is 10.9 Å². The minimum atomic E-state index is 0.0666. The zero-order valence-corrected chi connectivity index (χ0v) is 12.5. The molecule has 0 unspecified atom stereocenters. The van der Waals surface area contributed by atoms with Crippen LogP contribution in [0.4, 0.5) is 0 Å². The third-order valence-electron chi connectivity index (χ3n) is 3.64. The molecule has 0 bridgehead atoms. The van der Waals surface area contributed by atoms with Crippen LogP contribution in [-0.4, -0.2) is 27.0 Å². The number of pyridine rings is 1. The number of hydrogen-bond acceptors (Lipinski definition) is 5. The van der Waals surface area contributed by atoms with Gasteiger partial charge in [-0.2, -0.15) is 11.3 Å². The van der Waals surface area contributed by atoms with E-state index in [-0.39, 0.29) is 5.84 Å². The van der Waals surface area contributed by atoms with Crippen LogP contribution in [0.3, 0.4) is 0 Å². The average molecular weight is 302 g/mol. The summed E-state index contributed by atoms with van der Waals surface area (Å²) in [4.78, 5) is 6.68. The maximum absolute atomic E-state index is 8.89. The number of amidine groups is 1. The Morgan fingerprint density at radius 3 is 2.95 bits per heavy atom. The molecule has 0 amide bonds. The highest BCUT2D eigenvalue weighted by atomic mass is 32.1. The fourth-order valence-corrected chi connectivity index (χ4v) is 3.09. The molecular weight excluding hydrogens is 284 g/mol. The number of nitrogens with zero attached hydrogens (tertiary/aromatic N) is 3. The zero-order valence-electron chi connectivity index (χ0n) is 11.6. The van der Waals surface area contributed by atoms with Crippen LogP contribution in [0.5, 0.6) is 0 Å². The van der Waals surface area contributed by atoms with Gasteiger partial charge in [0.2, 0.25) is 0 Å². The topological polar surface area (TPSA) is 74.7 Å². The summed E-state index contributed by atoms with van der Waals surface area (Å²) < 4.78 is 0. The van der Waals surface area contributed by atoms with Crippen LogP contribution in [0.25, 0.3) is 0 Å². The first-order chi connectivity index (χ1) is 10.3. The van der Waals surface area contributed by atoms with Gasteiger partial charge in [-0.1, -0.05) is 11.2 Å². The summed E-state index contributed by atoms with van der Waals surface area (Å²) >= 11 is 1.72. The molecule has 6 heteroatoms. The second-order valence-electron chi connectivity index (χ2n) is 5.26. The zero-order chi connectivity index (χ0) is 14.7. The lowest BCUT2D eigenvalue weighted by molar-refractivity contribution is 0.245. The van der Waals surface area contributed by atoms with Crippen LogP contribution in [-0.2, 0) is 13.1 Å². The number of hydrogen-bond donors (Lipinski definition) is 2. The third-order valence-corrected chi connectivity index (χ3v) is 4.38. The summed E-state index contributed by atoms with van der Waals surface area (Å²) in [5.74, 6) is 0.0666. The van der Waals surface area contributed by atoms with Gasteiger partial charge in [0, 0.05) is 25.3 Å². The van der Waals surface area contributed by atoms with Crippen LogP contribution in [0.15, 0.2) is 40.3 Å². The fourth-order valence-electron chi connectivity index (χ4n) is 2.43. The molecule has 1 aliphatic carbocycles. The molecule has 2 heterocycles. The molecule has 0 aromatic carbocycles. The molecule has 1 fully saturated rings. The van der Waals surface area contributed by atoms with Crippen LogP contribution in [0, 0.1) is 0 Å². The first-order valence-electron chi connectivity index (χ1n) is 6.95. The van der Waals surface area contributed by atoms with Gasteiger partial charge in [-0.15, -0.1) is 0 Å². The molecule has 3 N–H and O–H groups in total. The molecule has 21 heavy (non-hydrogen) atoms. The Morgan fingerprint density at radius 1 is 1.43 bits per heavy atom. The van der Waals surface area contributed by atoms with Crippen LogP contribution < -0.4 is 5.73 Å². The van der Waals surface area contributed by atoms with Crippen molar-refractivity contribution in [3.8, 4) is 0 Å². The monoisotopic (exact) mass is 302 g/mol. The Morgan fingerprint density at radius 2 is 2.29 bits per heavy atom. The van der Waals surface area contributed by atoms with E-state index in [2.05, 4.69) is 31.9 Å². The number of nitrogens with two attached hydrogens (primary N) is 1. The van der Waals surface area contributed by atoms with Crippen molar-refractivity contribution in [1.29, 1.82) is 0 Å². The predicted octanol–water partition coefficient (Wildman–Crippen LogP) is 2.40. The van der Waals surface area contributed by atoms with Crippen molar-refractivity contribution in [3.05, 3.63) is 52.0 Å². The smallest absolute Gasteiger partial charge is 0.189 e. The summed E-state index contributed by atoms with van der Waals surface area (Å²) in [5.41, 5.74) is 8.61. The SMILES string of the molecule is NC(=NO)c1ncccc1CN(Cc1ccsc1)C1CC1. The van der Waals surface area contributed by atoms with Crippen molar-refractivity contribution in [2.75, 3.05) is 0 Å². The van der Waals surface area contributed by atoms with Crippen LogP contribution >= 0.6 is 11.3 Å². The van der Waals surface area contributed by atoms with E-state index in [1.54, 1.807) is 17.5 Å². The van der Waals surface area contributed by atoms with Crippen molar-refractivity contribution in [2.24, 2.45) is 10.9 Å². The van der Waals surface area contributed by atoms with E-state index in [0.29, 0.717) is 11.7 Å². The van der Waals surface area contributed by atoms with Crippen molar-refractivity contribution >= 4 is 17.2 Å². The molecule has 1 aliphatic rings. The molecule has 0 aliphatic heterocycles. The van der Waals surface area contributed by atoms with Crippen LogP contribution in [0.1, 0.15) is 29.7 Å². The first-order valence-corrected chi connectivity index (χ1v) is 7.89. The van der Waals surface area contributed by atoms with Crippen LogP contribution in [0.2, 0.25) is 0 Å². The molecule has 3 rings (SSSR count). The Balaban J connectivity index is 1.80. The van der Waals surface area contributed by atoms with Crippen molar-refractivity contribution in [3.63, 3.8) is 0 Å². The maximum Gasteiger partial charge on any atom is 0.189 e. The van der Waals surface area contributed by atoms with Gasteiger partial charge in [-0.3, -0.25) is 9.88 Å². The number of oxime groups is 1. The van der Waals surface area contributed by atoms with Gasteiger partial charge in [0.1, 0.15) is 5.69 Å². The van der Waals surface area contributed by atoms with Gasteiger partial charge in [0.15, 0.2) is 5.84 Å². The number of aromatic nitrogens is 1. The highest BCUT2D eigenvalue weighted by Gasteiger charge is 2.29. The van der Waals surface area contributed by atoms with Crippen molar-refractivity contribution in [1.82, 2.24) is 9.88 Å². The minimum absolute atomic E-state index is 0.0666. The Labute approximate surface area is 127 Å². The average Bonchev–Trinajstić information content (AvgIpc) is 3.24. The Bertz CT molecular complexity index is 622. The molecule has 2 aromatic rings. The largest absolute Gasteiger partial charge is 0.409 e. The van der Waals surface area contributed by atoms with E-state index in [1.807, 2.05) is 12.1 Å². The van der Waals surface area contributed by atoms with Gasteiger partial charge < -0.3 is 10.9 Å². The van der Waals surface area contributed by atoms with Crippen molar-refractivity contribution in [2.45, 2.75) is 32.0 Å². The molecule has 0 atom stereocenters. The van der Waals surface area contributed by atoms with E-state index in [0.717, 1.165) is 18.7 Å². The first kappa shape index (κ1) is 14.0. The molecule has 110 valence electrons. The summed E-state index contributed by atoms with van der Waals surface area (Å²) in [6.07, 6.45) is 4.14. The summed E-state index contributed by atoms with van der Waals surface area (Å²) in [5, 5.41) is 16.3. The van der Waals surface area contributed by atoms with E-state index >= 15 is 0 Å². The molecule has 2 aromatic heterocycles. The minimum Gasteiger partial charge on any atom is -0.409 e. The summed E-state index contributed by atoms with van der Waals surface area (Å²) in [7, 11) is 0. The van der Waals surface area contributed by atoms with E-state index in [9.17, 15) is 0 Å². The quantitative estimate of drug-likeness (QED) is 0.372. The van der Waals surface area contributed by atoms with Crippen molar-refractivity contribution < 1.29 is 5.21 Å². The normalized spacial score (nSPS) is 15.6. The summed E-state index contributed by atoms with van der Waals surface area (Å²) in [6, 6.07) is 6.67. The van der Waals surface area contributed by atoms with Gasteiger partial charge in [-0.05, 0) is 46.9 Å². The fraction of sp³-hybridized carbons (Fsp3) is 0.333. The van der Waals surface area contributed by atoms with E-state index < -0.39 is 0 Å². The Hall–Kier alpha value is -1.92. The second-order valence-corrected chi connectivity index (χ2v) is 6.04. The lowest BCUT2D eigenvalue weighted by Gasteiger charge is -2.22. The number of thiophene rings is 1. The molecule has 0 radical (unpaired) electrons. The predicted molar refractivity (Wildman–Crippen MR) is 83.3 cm³/mol. The molecule has 0 saturated heterocycles. The van der Waals surface area contributed by atoms with E-state index in [1.165, 1.54) is 18.4 Å². The second kappa shape index (κ2) is 6.24. The standard InChI is InChI=1S/C15H18N4OS/c16-15(18-20)14-12(2-1-6-17-14)9-19(13-3-4-13)8-11-5-7-21-10-11/h1-2,5-7,10,13,20H,3-4,8-9H2,(H2,16,18). The maximum atomic E-state index is 8.89. The highest BCUT2D eigenvalue weighted by Crippen LogP contribution is 2.30. The molecule has 0 spiro atoms.